The molecule has 0 radical (unpaired) electrons. The first-order valence-electron chi connectivity index (χ1n) is 14.1. The number of ether oxygens (including phenoxy) is 1. The molecule has 5 aliphatic rings. The van der Waals surface area contributed by atoms with Gasteiger partial charge < -0.3 is 20.1 Å². The number of fused-ring (bicyclic) bond motifs is 6. The number of carbonyl (C=O) groups is 1. The molecule has 0 aliphatic heterocycles. The Kier molecular flexibility index (Phi) is 5.82. The Labute approximate surface area is 217 Å². The quantitative estimate of drug-likeness (QED) is 0.455. The van der Waals surface area contributed by atoms with Gasteiger partial charge in [0.05, 0.1) is 31.3 Å². The van der Waals surface area contributed by atoms with Crippen molar-refractivity contribution in [2.24, 2.45) is 44.3 Å². The van der Waals surface area contributed by atoms with E-state index >= 15 is 0 Å². The second-order valence-electron chi connectivity index (χ2n) is 14.9. The fourth-order valence-corrected chi connectivity index (χ4v) is 10.3. The van der Waals surface area contributed by atoms with Crippen LogP contribution in [0.25, 0.3) is 0 Å². The molecule has 5 rings (SSSR count). The van der Waals surface area contributed by atoms with Crippen LogP contribution in [0.5, 0.6) is 0 Å². The van der Waals surface area contributed by atoms with Crippen LogP contribution in [0, 0.1) is 44.3 Å². The third-order valence-electron chi connectivity index (χ3n) is 12.7. The molecule has 0 aromatic carbocycles. The number of hydrogen-bond donors (Lipinski definition) is 3. The molecule has 9 atom stereocenters. The lowest BCUT2D eigenvalue weighted by atomic mass is 9.35. The predicted molar refractivity (Wildman–Crippen MR) is 140 cm³/mol. The Bertz CT molecular complexity index is 1010. The van der Waals surface area contributed by atoms with E-state index in [9.17, 15) is 20.1 Å². The maximum atomic E-state index is 13.3. The van der Waals surface area contributed by atoms with Crippen LogP contribution >= 0.6 is 0 Å². The smallest absolute Gasteiger partial charge is 0.315 e. The fraction of sp³-hybridized carbons (Fsp3) is 0.839. The van der Waals surface area contributed by atoms with Crippen molar-refractivity contribution in [3.8, 4) is 0 Å². The number of aliphatic hydroxyl groups excluding tert-OH is 3. The van der Waals surface area contributed by atoms with Crippen molar-refractivity contribution < 1.29 is 24.9 Å². The SMILES string of the molecule is COC(=O)[C@]12CCC(C)(C)CC1=C1C=C[C@@H]3[C@@]4(C)C[C@@H](O)[C@@H](O)[C@](C)(CO)[C@@H]4CC[C@@]3(C)[C@]1(C)CC2. The number of allylic oxidation sites excluding steroid dienone is 3. The van der Waals surface area contributed by atoms with E-state index in [0.29, 0.717) is 6.42 Å². The number of esters is 1. The van der Waals surface area contributed by atoms with E-state index in [1.807, 2.05) is 6.92 Å². The predicted octanol–water partition coefficient (Wildman–Crippen LogP) is 5.19. The van der Waals surface area contributed by atoms with Crippen LogP contribution in [0.15, 0.2) is 23.3 Å². The summed E-state index contributed by atoms with van der Waals surface area (Å²) in [6, 6.07) is 0. The van der Waals surface area contributed by atoms with E-state index in [4.69, 9.17) is 4.74 Å². The Hall–Kier alpha value is -1.17. The highest BCUT2D eigenvalue weighted by Crippen LogP contribution is 2.74. The largest absolute Gasteiger partial charge is 0.468 e. The van der Waals surface area contributed by atoms with Gasteiger partial charge in [-0.2, -0.15) is 0 Å². The van der Waals surface area contributed by atoms with Crippen LogP contribution in [-0.2, 0) is 9.53 Å². The van der Waals surface area contributed by atoms with Crippen LogP contribution in [0.3, 0.4) is 0 Å². The highest BCUT2D eigenvalue weighted by molar-refractivity contribution is 5.82. The average molecular weight is 501 g/mol. The summed E-state index contributed by atoms with van der Waals surface area (Å²) in [5.74, 6) is 0.274. The molecule has 0 spiro atoms. The molecule has 36 heavy (non-hydrogen) atoms. The molecule has 3 saturated carbocycles. The first kappa shape index (κ1) is 26.4. The van der Waals surface area contributed by atoms with Gasteiger partial charge in [0.1, 0.15) is 0 Å². The molecule has 0 aromatic rings. The van der Waals surface area contributed by atoms with E-state index in [-0.39, 0.29) is 46.1 Å². The minimum atomic E-state index is -0.911. The van der Waals surface area contributed by atoms with E-state index in [0.717, 1.165) is 44.9 Å². The Morgan fingerprint density at radius 2 is 1.69 bits per heavy atom. The summed E-state index contributed by atoms with van der Waals surface area (Å²) >= 11 is 0. The molecule has 5 aliphatic carbocycles. The third kappa shape index (κ3) is 3.09. The van der Waals surface area contributed by atoms with Crippen molar-refractivity contribution in [2.45, 2.75) is 105 Å². The van der Waals surface area contributed by atoms with Gasteiger partial charge in [-0.1, -0.05) is 53.7 Å². The fourth-order valence-electron chi connectivity index (χ4n) is 10.3. The van der Waals surface area contributed by atoms with Crippen molar-refractivity contribution in [3.05, 3.63) is 23.3 Å². The Morgan fingerprint density at radius 3 is 2.33 bits per heavy atom. The number of methoxy groups -OCH3 is 1. The molecule has 0 unspecified atom stereocenters. The van der Waals surface area contributed by atoms with Gasteiger partial charge in [-0.15, -0.1) is 0 Å². The number of aliphatic hydroxyl groups is 3. The van der Waals surface area contributed by atoms with E-state index in [1.165, 1.54) is 18.3 Å². The lowest BCUT2D eigenvalue weighted by molar-refractivity contribution is -0.231. The summed E-state index contributed by atoms with van der Waals surface area (Å²) in [4.78, 5) is 13.3. The zero-order valence-electron chi connectivity index (χ0n) is 23.5. The van der Waals surface area contributed by atoms with Crippen molar-refractivity contribution in [3.63, 3.8) is 0 Å². The van der Waals surface area contributed by atoms with Crippen molar-refractivity contribution in [2.75, 3.05) is 13.7 Å². The number of carbonyl (C=O) groups excluding carboxylic acids is 1. The monoisotopic (exact) mass is 500 g/mol. The average Bonchev–Trinajstić information content (AvgIpc) is 2.82. The molecule has 3 fully saturated rings. The standard InChI is InChI=1S/C31H48O5/c1-26(2)12-14-31(25(35)36-7)15-13-29(5)19(20(31)16-26)8-9-23-27(3)17-21(33)24(34)28(4,18-32)22(27)10-11-30(23,29)6/h8-9,21-24,32-34H,10-18H2,1-7H3/t21-,22-,23-,24-,27+,28-,29-,30-,31+/m1/s1. The van der Waals surface area contributed by atoms with Crippen LogP contribution in [0.2, 0.25) is 0 Å². The van der Waals surface area contributed by atoms with Gasteiger partial charge in [0.15, 0.2) is 0 Å². The summed E-state index contributed by atoms with van der Waals surface area (Å²) in [6.45, 7) is 13.6. The Morgan fingerprint density at radius 1 is 1.03 bits per heavy atom. The summed E-state index contributed by atoms with van der Waals surface area (Å²) in [5.41, 5.74) is 1.22. The molecular formula is C31H48O5. The minimum Gasteiger partial charge on any atom is -0.468 e. The van der Waals surface area contributed by atoms with E-state index in [2.05, 4.69) is 46.8 Å². The van der Waals surface area contributed by atoms with Crippen molar-refractivity contribution in [1.29, 1.82) is 0 Å². The number of rotatable bonds is 2. The summed E-state index contributed by atoms with van der Waals surface area (Å²) < 4.78 is 5.43. The normalized spacial score (nSPS) is 51.5. The zero-order chi connectivity index (χ0) is 26.5. The summed E-state index contributed by atoms with van der Waals surface area (Å²) in [5, 5.41) is 32.4. The highest BCUT2D eigenvalue weighted by Gasteiger charge is 2.69. The van der Waals surface area contributed by atoms with Crippen LogP contribution in [0.4, 0.5) is 0 Å². The molecular weight excluding hydrogens is 452 g/mol. The molecule has 0 aromatic heterocycles. The van der Waals surface area contributed by atoms with E-state index < -0.39 is 23.0 Å². The topological polar surface area (TPSA) is 87.0 Å². The molecule has 0 heterocycles. The second kappa shape index (κ2) is 7.93. The Balaban J connectivity index is 1.68. The van der Waals surface area contributed by atoms with Gasteiger partial charge in [-0.25, -0.2) is 0 Å². The lowest BCUT2D eigenvalue weighted by Gasteiger charge is -2.69. The second-order valence-corrected chi connectivity index (χ2v) is 14.9. The minimum absolute atomic E-state index is 0.0441. The van der Waals surface area contributed by atoms with Gasteiger partial charge in [-0.3, -0.25) is 4.79 Å². The lowest BCUT2D eigenvalue weighted by Crippen LogP contribution is -2.67. The molecule has 0 bridgehead atoms. The highest BCUT2D eigenvalue weighted by atomic mass is 16.5. The molecule has 5 nitrogen and oxygen atoms in total. The van der Waals surface area contributed by atoms with Crippen LogP contribution < -0.4 is 0 Å². The maximum absolute atomic E-state index is 13.3. The van der Waals surface area contributed by atoms with Gasteiger partial charge in [0.2, 0.25) is 0 Å². The molecule has 5 heteroatoms. The van der Waals surface area contributed by atoms with Crippen LogP contribution in [-0.4, -0.2) is 47.2 Å². The van der Waals surface area contributed by atoms with Gasteiger partial charge in [0, 0.05) is 5.41 Å². The van der Waals surface area contributed by atoms with Gasteiger partial charge in [-0.05, 0) is 96.0 Å². The first-order valence-corrected chi connectivity index (χ1v) is 14.1. The maximum Gasteiger partial charge on any atom is 0.315 e. The molecule has 3 N–H and O–H groups in total. The molecule has 202 valence electrons. The molecule has 0 amide bonds. The van der Waals surface area contributed by atoms with Gasteiger partial charge >= 0.3 is 5.97 Å². The summed E-state index contributed by atoms with van der Waals surface area (Å²) in [7, 11) is 1.53. The first-order chi connectivity index (χ1) is 16.7. The van der Waals surface area contributed by atoms with Crippen LogP contribution in [0.1, 0.15) is 92.9 Å². The van der Waals surface area contributed by atoms with Gasteiger partial charge in [0.25, 0.3) is 0 Å². The van der Waals surface area contributed by atoms with E-state index in [1.54, 1.807) is 0 Å². The third-order valence-corrected chi connectivity index (χ3v) is 12.7. The zero-order valence-corrected chi connectivity index (χ0v) is 23.5. The van der Waals surface area contributed by atoms with Crippen molar-refractivity contribution >= 4 is 5.97 Å². The summed E-state index contributed by atoms with van der Waals surface area (Å²) in [6.07, 6.45) is 10.0. The van der Waals surface area contributed by atoms with Crippen molar-refractivity contribution in [1.82, 2.24) is 0 Å². The number of hydrogen-bond acceptors (Lipinski definition) is 5. The molecule has 0 saturated heterocycles.